The van der Waals surface area contributed by atoms with E-state index in [1.807, 2.05) is 37.3 Å². The molecule has 1 atom stereocenters. The second-order valence-electron chi connectivity index (χ2n) is 6.12. The van der Waals surface area contributed by atoms with Gasteiger partial charge in [0.25, 0.3) is 5.91 Å². The van der Waals surface area contributed by atoms with Crippen molar-refractivity contribution in [1.82, 2.24) is 30.4 Å². The molecule has 0 aliphatic carbocycles. The molecule has 2 heterocycles. The van der Waals surface area contributed by atoms with E-state index in [9.17, 15) is 9.59 Å². The third kappa shape index (κ3) is 2.99. The molecule has 0 radical (unpaired) electrons. The van der Waals surface area contributed by atoms with Crippen LogP contribution in [-0.2, 0) is 23.4 Å². The van der Waals surface area contributed by atoms with E-state index in [1.165, 1.54) is 4.90 Å². The summed E-state index contributed by atoms with van der Waals surface area (Å²) in [4.78, 5) is 26.8. The van der Waals surface area contributed by atoms with Gasteiger partial charge in [-0.3, -0.25) is 9.69 Å². The lowest BCUT2D eigenvalue weighted by Gasteiger charge is -2.25. The van der Waals surface area contributed by atoms with Gasteiger partial charge in [0.2, 0.25) is 0 Å². The van der Waals surface area contributed by atoms with Gasteiger partial charge in [0.15, 0.2) is 5.82 Å². The molecule has 1 N–H and O–H groups in total. The number of amides is 3. The molecule has 1 aromatic carbocycles. The molecule has 8 nitrogen and oxygen atoms in total. The van der Waals surface area contributed by atoms with Gasteiger partial charge in [0.1, 0.15) is 5.54 Å². The smallest absolute Gasteiger partial charge is 0.319 e. The summed E-state index contributed by atoms with van der Waals surface area (Å²) in [5.74, 6) is 0.244. The molecule has 2 aromatic rings. The highest BCUT2D eigenvalue weighted by Crippen LogP contribution is 2.32. The van der Waals surface area contributed by atoms with Gasteiger partial charge >= 0.3 is 6.03 Å². The number of urea groups is 1. The topological polar surface area (TPSA) is 93.0 Å². The largest absolute Gasteiger partial charge is 0.325 e. The van der Waals surface area contributed by atoms with Gasteiger partial charge in [-0.25, -0.2) is 9.48 Å². The van der Waals surface area contributed by atoms with Crippen LogP contribution in [0.2, 0.25) is 0 Å². The molecular formula is C17H22N6O2. The molecule has 3 rings (SSSR count). The quantitative estimate of drug-likeness (QED) is 0.775. The second-order valence-corrected chi connectivity index (χ2v) is 6.12. The summed E-state index contributed by atoms with van der Waals surface area (Å²) in [7, 11) is 0. The molecule has 3 amide bonds. The van der Waals surface area contributed by atoms with E-state index in [4.69, 9.17) is 0 Å². The predicted octanol–water partition coefficient (Wildman–Crippen LogP) is 1.83. The number of tetrazole rings is 1. The Balaban J connectivity index is 1.86. The van der Waals surface area contributed by atoms with Crippen LogP contribution < -0.4 is 5.32 Å². The zero-order valence-electron chi connectivity index (χ0n) is 14.5. The lowest BCUT2D eigenvalue weighted by atomic mass is 9.87. The van der Waals surface area contributed by atoms with E-state index in [1.54, 1.807) is 4.68 Å². The number of carbonyl (C=O) groups excluding carboxylic acids is 2. The van der Waals surface area contributed by atoms with Crippen LogP contribution in [0.3, 0.4) is 0 Å². The molecule has 8 heteroatoms. The van der Waals surface area contributed by atoms with Crippen LogP contribution in [0.1, 0.15) is 44.5 Å². The zero-order valence-corrected chi connectivity index (χ0v) is 14.5. The van der Waals surface area contributed by atoms with Crippen LogP contribution in [-0.4, -0.2) is 37.0 Å². The summed E-state index contributed by atoms with van der Waals surface area (Å²) in [6.07, 6.45) is 2.41. The molecule has 1 saturated heterocycles. The summed E-state index contributed by atoms with van der Waals surface area (Å²) in [6, 6.07) is 8.90. The number of benzene rings is 1. The lowest BCUT2D eigenvalue weighted by Crippen LogP contribution is -2.43. The molecule has 0 saturated carbocycles. The monoisotopic (exact) mass is 342 g/mol. The number of imide groups is 1. The summed E-state index contributed by atoms with van der Waals surface area (Å²) >= 11 is 0. The number of unbranched alkanes of at least 4 members (excludes halogenated alkanes) is 1. The Bertz CT molecular complexity index is 760. The van der Waals surface area contributed by atoms with Crippen molar-refractivity contribution in [2.24, 2.45) is 0 Å². The van der Waals surface area contributed by atoms with Crippen LogP contribution in [0.4, 0.5) is 4.79 Å². The fraction of sp³-hybridized carbons (Fsp3) is 0.471. The molecule has 25 heavy (non-hydrogen) atoms. The number of hydrogen-bond acceptors (Lipinski definition) is 5. The first-order valence-electron chi connectivity index (χ1n) is 8.57. The number of hydrogen-bond donors (Lipinski definition) is 1. The maximum atomic E-state index is 13.1. The molecule has 1 aliphatic rings. The summed E-state index contributed by atoms with van der Waals surface area (Å²) in [6.45, 7) is 4.70. The third-order valence-electron chi connectivity index (χ3n) is 4.60. The second kappa shape index (κ2) is 7.00. The van der Waals surface area contributed by atoms with Crippen LogP contribution in [0.25, 0.3) is 0 Å². The van der Waals surface area contributed by atoms with Gasteiger partial charge in [-0.2, -0.15) is 0 Å². The van der Waals surface area contributed by atoms with E-state index < -0.39 is 11.6 Å². The van der Waals surface area contributed by atoms with Gasteiger partial charge in [0, 0.05) is 6.54 Å². The number of carbonyl (C=O) groups is 2. The van der Waals surface area contributed by atoms with E-state index in [2.05, 4.69) is 27.8 Å². The Kier molecular flexibility index (Phi) is 4.78. The van der Waals surface area contributed by atoms with Crippen molar-refractivity contribution >= 4 is 11.9 Å². The number of nitrogens with one attached hydrogen (secondary N) is 1. The third-order valence-corrected chi connectivity index (χ3v) is 4.60. The fourth-order valence-electron chi connectivity index (χ4n) is 3.09. The minimum atomic E-state index is -1.03. The fourth-order valence-corrected chi connectivity index (χ4v) is 3.09. The Hall–Kier alpha value is -2.77. The first kappa shape index (κ1) is 17.1. The van der Waals surface area contributed by atoms with Crippen molar-refractivity contribution in [1.29, 1.82) is 0 Å². The van der Waals surface area contributed by atoms with Crippen molar-refractivity contribution in [3.05, 3.63) is 41.7 Å². The standard InChI is InChI=1S/C17H22N6O2/c1-3-5-11-23-14(19-20-21-23)12-22-15(24)17(4-2,18-16(22)25)13-9-7-6-8-10-13/h6-10H,3-5,11-12H2,1-2H3,(H,18,25)/t17-/m1/s1. The van der Waals surface area contributed by atoms with Crippen LogP contribution in [0.15, 0.2) is 30.3 Å². The van der Waals surface area contributed by atoms with E-state index in [0.29, 0.717) is 18.8 Å². The number of rotatable bonds is 7. The maximum absolute atomic E-state index is 13.1. The van der Waals surface area contributed by atoms with Crippen LogP contribution >= 0.6 is 0 Å². The molecule has 0 unspecified atom stereocenters. The van der Waals surface area contributed by atoms with Crippen molar-refractivity contribution < 1.29 is 9.59 Å². The molecule has 132 valence electrons. The lowest BCUT2D eigenvalue weighted by molar-refractivity contribution is -0.132. The highest BCUT2D eigenvalue weighted by molar-refractivity contribution is 6.07. The normalized spacial score (nSPS) is 20.2. The molecule has 0 spiro atoms. The molecule has 1 fully saturated rings. The van der Waals surface area contributed by atoms with E-state index in [0.717, 1.165) is 18.4 Å². The van der Waals surface area contributed by atoms with Gasteiger partial charge in [0.05, 0.1) is 6.54 Å². The van der Waals surface area contributed by atoms with E-state index in [-0.39, 0.29) is 12.5 Å². The number of aryl methyl sites for hydroxylation is 1. The van der Waals surface area contributed by atoms with Gasteiger partial charge in [-0.15, -0.1) is 5.10 Å². The maximum Gasteiger partial charge on any atom is 0.325 e. The highest BCUT2D eigenvalue weighted by atomic mass is 16.2. The average molecular weight is 342 g/mol. The predicted molar refractivity (Wildman–Crippen MR) is 90.2 cm³/mol. The van der Waals surface area contributed by atoms with E-state index >= 15 is 0 Å². The van der Waals surface area contributed by atoms with Crippen LogP contribution in [0.5, 0.6) is 0 Å². The molecule has 1 aliphatic heterocycles. The van der Waals surface area contributed by atoms with Crippen molar-refractivity contribution in [2.45, 2.75) is 51.7 Å². The SMILES string of the molecule is CCCCn1nnnc1CN1C(=O)N[C@](CC)(c2ccccc2)C1=O. The summed E-state index contributed by atoms with van der Waals surface area (Å²) in [5, 5.41) is 14.5. The summed E-state index contributed by atoms with van der Waals surface area (Å²) in [5.41, 5.74) is -0.246. The first-order valence-corrected chi connectivity index (χ1v) is 8.57. The Morgan fingerprint density at radius 2 is 1.92 bits per heavy atom. The Morgan fingerprint density at radius 1 is 1.16 bits per heavy atom. The Labute approximate surface area is 146 Å². The minimum Gasteiger partial charge on any atom is -0.319 e. The van der Waals surface area contributed by atoms with Crippen molar-refractivity contribution in [2.75, 3.05) is 0 Å². The molecule has 0 bridgehead atoms. The summed E-state index contributed by atoms with van der Waals surface area (Å²) < 4.78 is 1.65. The van der Waals surface area contributed by atoms with Gasteiger partial charge < -0.3 is 5.32 Å². The van der Waals surface area contributed by atoms with Crippen molar-refractivity contribution in [3.8, 4) is 0 Å². The number of nitrogens with zero attached hydrogens (tertiary/aromatic N) is 5. The van der Waals surface area contributed by atoms with Gasteiger partial charge in [-0.1, -0.05) is 50.6 Å². The highest BCUT2D eigenvalue weighted by Gasteiger charge is 2.51. The van der Waals surface area contributed by atoms with Gasteiger partial charge in [-0.05, 0) is 28.8 Å². The first-order chi connectivity index (χ1) is 12.1. The molecule has 1 aromatic heterocycles. The molecular weight excluding hydrogens is 320 g/mol. The number of aromatic nitrogens is 4. The van der Waals surface area contributed by atoms with Crippen LogP contribution in [0, 0.1) is 0 Å². The minimum absolute atomic E-state index is 0.0654. The zero-order chi connectivity index (χ0) is 17.9. The Morgan fingerprint density at radius 3 is 2.60 bits per heavy atom. The van der Waals surface area contributed by atoms with Crippen molar-refractivity contribution in [3.63, 3.8) is 0 Å². The average Bonchev–Trinajstić information content (AvgIpc) is 3.18.